The lowest BCUT2D eigenvalue weighted by Gasteiger charge is -2.25. The molecule has 0 fully saturated rings. The molecule has 4 aromatic rings. The molecule has 0 spiro atoms. The summed E-state index contributed by atoms with van der Waals surface area (Å²) in [6.07, 6.45) is 0.921. The van der Waals surface area contributed by atoms with E-state index in [1.165, 1.54) is 21.6 Å². The molecule has 0 amide bonds. The number of hydrogen-bond donors (Lipinski definition) is 0. The van der Waals surface area contributed by atoms with Gasteiger partial charge in [0.15, 0.2) is 5.16 Å². The average molecular weight is 448 g/mol. The highest BCUT2D eigenvalue weighted by molar-refractivity contribution is 7.98. The van der Waals surface area contributed by atoms with E-state index < -0.39 is 0 Å². The van der Waals surface area contributed by atoms with E-state index in [4.69, 9.17) is 4.98 Å². The van der Waals surface area contributed by atoms with Gasteiger partial charge in [-0.15, -0.1) is 11.3 Å². The van der Waals surface area contributed by atoms with Crippen LogP contribution in [0.1, 0.15) is 28.5 Å². The second-order valence-electron chi connectivity index (χ2n) is 7.95. The van der Waals surface area contributed by atoms with E-state index in [1.807, 2.05) is 30.3 Å². The number of aryl methyl sites for hydroxylation is 1. The Labute approximate surface area is 190 Å². The lowest BCUT2D eigenvalue weighted by Crippen LogP contribution is -2.30. The fourth-order valence-electron chi connectivity index (χ4n) is 4.08. The van der Waals surface area contributed by atoms with E-state index in [-0.39, 0.29) is 5.56 Å². The van der Waals surface area contributed by atoms with E-state index in [0.717, 1.165) is 52.9 Å². The zero-order valence-electron chi connectivity index (χ0n) is 17.8. The zero-order chi connectivity index (χ0) is 21.4. The highest BCUT2D eigenvalue weighted by Crippen LogP contribution is 2.34. The van der Waals surface area contributed by atoms with Crippen LogP contribution in [0.3, 0.4) is 0 Å². The molecule has 4 nitrogen and oxygen atoms in total. The summed E-state index contributed by atoms with van der Waals surface area (Å²) < 4.78 is 1.81. The molecule has 2 aromatic heterocycles. The van der Waals surface area contributed by atoms with Crippen molar-refractivity contribution in [3.8, 4) is 5.69 Å². The Morgan fingerprint density at radius 3 is 2.61 bits per heavy atom. The molecule has 0 bridgehead atoms. The van der Waals surface area contributed by atoms with Gasteiger partial charge in [0, 0.05) is 23.7 Å². The van der Waals surface area contributed by atoms with Crippen LogP contribution in [0.2, 0.25) is 0 Å². The van der Waals surface area contributed by atoms with Crippen LogP contribution in [-0.2, 0) is 18.7 Å². The van der Waals surface area contributed by atoms with Gasteiger partial charge in [-0.05, 0) is 43.1 Å². The number of likely N-dealkylation sites (N-methyl/N-ethyl adjacent to an activating group) is 1. The maximum absolute atomic E-state index is 13.8. The van der Waals surface area contributed by atoms with Crippen molar-refractivity contribution in [2.24, 2.45) is 0 Å². The summed E-state index contributed by atoms with van der Waals surface area (Å²) in [7, 11) is 0. The van der Waals surface area contributed by atoms with Crippen LogP contribution >= 0.6 is 23.1 Å². The number of thiophene rings is 1. The third-order valence-electron chi connectivity index (χ3n) is 5.87. The van der Waals surface area contributed by atoms with Crippen molar-refractivity contribution in [2.45, 2.75) is 37.7 Å². The van der Waals surface area contributed by atoms with Gasteiger partial charge in [-0.1, -0.05) is 66.7 Å². The average Bonchev–Trinajstić information content (AvgIpc) is 3.17. The van der Waals surface area contributed by atoms with Gasteiger partial charge in [-0.2, -0.15) is 0 Å². The minimum absolute atomic E-state index is 0.0602. The molecule has 1 aliphatic rings. The fourth-order valence-corrected chi connectivity index (χ4v) is 6.35. The standard InChI is InChI=1S/C25H25N3OS2/c1-3-27-14-13-20-21(15-27)31-23-22(20)24(29)28(19-7-5-4-6-8-19)25(26-23)30-16-18-11-9-17(2)10-12-18/h4-12H,3,13-16H2,1-2H3. The number of para-hydroxylation sites is 1. The van der Waals surface area contributed by atoms with Gasteiger partial charge in [0.1, 0.15) is 4.83 Å². The third kappa shape index (κ3) is 3.95. The normalized spacial score (nSPS) is 14.1. The van der Waals surface area contributed by atoms with Crippen LogP contribution in [0.15, 0.2) is 64.5 Å². The van der Waals surface area contributed by atoms with Crippen molar-refractivity contribution in [1.29, 1.82) is 0 Å². The molecule has 158 valence electrons. The van der Waals surface area contributed by atoms with Crippen molar-refractivity contribution in [3.05, 3.63) is 86.5 Å². The molecule has 2 aromatic carbocycles. The number of rotatable bonds is 5. The minimum atomic E-state index is 0.0602. The summed E-state index contributed by atoms with van der Waals surface area (Å²) >= 11 is 3.32. The summed E-state index contributed by atoms with van der Waals surface area (Å²) in [5.74, 6) is 0.778. The molecule has 0 N–H and O–H groups in total. The molecule has 0 aliphatic carbocycles. The van der Waals surface area contributed by atoms with Gasteiger partial charge < -0.3 is 0 Å². The Kier molecular flexibility index (Phi) is 5.69. The summed E-state index contributed by atoms with van der Waals surface area (Å²) in [5.41, 5.74) is 4.62. The first-order valence-corrected chi connectivity index (χ1v) is 12.5. The highest BCUT2D eigenvalue weighted by Gasteiger charge is 2.25. The monoisotopic (exact) mass is 447 g/mol. The third-order valence-corrected chi connectivity index (χ3v) is 7.99. The molecule has 0 saturated carbocycles. The first kappa shape index (κ1) is 20.5. The predicted octanol–water partition coefficient (Wildman–Crippen LogP) is 5.43. The second kappa shape index (κ2) is 8.61. The smallest absolute Gasteiger partial charge is 0.267 e. The number of nitrogens with zero attached hydrogens (tertiary/aromatic N) is 3. The number of fused-ring (bicyclic) bond motifs is 3. The second-order valence-corrected chi connectivity index (χ2v) is 9.97. The predicted molar refractivity (Wildman–Crippen MR) is 131 cm³/mol. The van der Waals surface area contributed by atoms with Crippen molar-refractivity contribution in [1.82, 2.24) is 14.5 Å². The Hall–Kier alpha value is -2.41. The summed E-state index contributed by atoms with van der Waals surface area (Å²) in [5, 5.41) is 1.58. The van der Waals surface area contributed by atoms with Crippen LogP contribution in [0, 0.1) is 6.92 Å². The highest BCUT2D eigenvalue weighted by atomic mass is 32.2. The van der Waals surface area contributed by atoms with Gasteiger partial charge >= 0.3 is 0 Å². The molecule has 0 saturated heterocycles. The lowest BCUT2D eigenvalue weighted by molar-refractivity contribution is 0.272. The van der Waals surface area contributed by atoms with E-state index in [9.17, 15) is 4.79 Å². The topological polar surface area (TPSA) is 38.1 Å². The van der Waals surface area contributed by atoms with E-state index in [1.54, 1.807) is 27.7 Å². The van der Waals surface area contributed by atoms with Crippen LogP contribution in [0.25, 0.3) is 15.9 Å². The van der Waals surface area contributed by atoms with Gasteiger partial charge in [0.25, 0.3) is 5.56 Å². The molecular formula is C25H25N3OS2. The van der Waals surface area contributed by atoms with E-state index in [0.29, 0.717) is 0 Å². The van der Waals surface area contributed by atoms with Crippen molar-refractivity contribution in [2.75, 3.05) is 13.1 Å². The Morgan fingerprint density at radius 1 is 1.10 bits per heavy atom. The van der Waals surface area contributed by atoms with Gasteiger partial charge in [0.2, 0.25) is 0 Å². The van der Waals surface area contributed by atoms with Gasteiger partial charge in [-0.3, -0.25) is 14.3 Å². The number of hydrogen-bond acceptors (Lipinski definition) is 5. The molecule has 0 atom stereocenters. The number of aromatic nitrogens is 2. The van der Waals surface area contributed by atoms with E-state index >= 15 is 0 Å². The SMILES string of the molecule is CCN1CCc2c(sc3nc(SCc4ccc(C)cc4)n(-c4ccccc4)c(=O)c23)C1. The van der Waals surface area contributed by atoms with Gasteiger partial charge in [0.05, 0.1) is 11.1 Å². The van der Waals surface area contributed by atoms with Crippen LogP contribution in [-0.4, -0.2) is 27.5 Å². The summed E-state index contributed by atoms with van der Waals surface area (Å²) in [6.45, 7) is 7.25. The summed E-state index contributed by atoms with van der Waals surface area (Å²) in [4.78, 5) is 23.4. The lowest BCUT2D eigenvalue weighted by atomic mass is 10.1. The Balaban J connectivity index is 1.62. The number of thioether (sulfide) groups is 1. The maximum atomic E-state index is 13.8. The number of benzene rings is 2. The first-order chi connectivity index (χ1) is 15.1. The largest absolute Gasteiger partial charge is 0.298 e. The molecule has 3 heterocycles. The first-order valence-electron chi connectivity index (χ1n) is 10.7. The van der Waals surface area contributed by atoms with Crippen molar-refractivity contribution in [3.63, 3.8) is 0 Å². The molecule has 1 aliphatic heterocycles. The van der Waals surface area contributed by atoms with Crippen LogP contribution < -0.4 is 5.56 Å². The molecule has 6 heteroatoms. The summed E-state index contributed by atoms with van der Waals surface area (Å²) in [6, 6.07) is 18.5. The molecule has 0 radical (unpaired) electrons. The fraction of sp³-hybridized carbons (Fsp3) is 0.280. The Morgan fingerprint density at radius 2 is 1.87 bits per heavy atom. The van der Waals surface area contributed by atoms with Crippen LogP contribution in [0.4, 0.5) is 0 Å². The maximum Gasteiger partial charge on any atom is 0.267 e. The van der Waals surface area contributed by atoms with Crippen LogP contribution in [0.5, 0.6) is 0 Å². The van der Waals surface area contributed by atoms with Gasteiger partial charge in [-0.25, -0.2) is 4.98 Å². The van der Waals surface area contributed by atoms with E-state index in [2.05, 4.69) is 43.0 Å². The minimum Gasteiger partial charge on any atom is -0.298 e. The molecule has 31 heavy (non-hydrogen) atoms. The Bertz CT molecular complexity index is 1280. The van der Waals surface area contributed by atoms with Crippen molar-refractivity contribution < 1.29 is 0 Å². The van der Waals surface area contributed by atoms with Crippen molar-refractivity contribution >= 4 is 33.3 Å². The molecular weight excluding hydrogens is 422 g/mol. The zero-order valence-corrected chi connectivity index (χ0v) is 19.4. The molecule has 5 rings (SSSR count). The quantitative estimate of drug-likeness (QED) is 0.302. The molecule has 0 unspecified atom stereocenters.